The van der Waals surface area contributed by atoms with Gasteiger partial charge in [-0.2, -0.15) is 0 Å². The van der Waals surface area contributed by atoms with Gasteiger partial charge in [0.1, 0.15) is 21.9 Å². The first-order valence-corrected chi connectivity index (χ1v) is 10.8. The van der Waals surface area contributed by atoms with Crippen LogP contribution in [0.5, 0.6) is 5.75 Å². The van der Waals surface area contributed by atoms with Gasteiger partial charge in [-0.1, -0.05) is 19.1 Å². The van der Waals surface area contributed by atoms with Gasteiger partial charge in [0.2, 0.25) is 0 Å². The summed E-state index contributed by atoms with van der Waals surface area (Å²) in [6.07, 6.45) is 2.70. The number of nitrogens with zero attached hydrogens (tertiary/aromatic N) is 3. The van der Waals surface area contributed by atoms with E-state index in [0.29, 0.717) is 6.61 Å². The SMILES string of the molecule is CCc1ccc(OCCSc2ncnc3c2sc2nc(C)cc(C)c23)cc1. The highest BCUT2D eigenvalue weighted by Gasteiger charge is 2.14. The van der Waals surface area contributed by atoms with Crippen molar-refractivity contribution in [1.82, 2.24) is 15.0 Å². The molecule has 3 aromatic heterocycles. The number of fused-ring (bicyclic) bond motifs is 3. The van der Waals surface area contributed by atoms with Crippen molar-refractivity contribution in [2.45, 2.75) is 32.2 Å². The first kappa shape index (κ1) is 18.2. The standard InChI is InChI=1S/C21H21N3OS2/c1-4-15-5-7-16(8-6-15)25-9-10-26-21-19-18(22-12-23-21)17-13(2)11-14(3)24-20(17)27-19/h5-8,11-12H,4,9-10H2,1-3H3. The summed E-state index contributed by atoms with van der Waals surface area (Å²) >= 11 is 3.39. The number of thioether (sulfide) groups is 1. The van der Waals surface area contributed by atoms with Crippen molar-refractivity contribution in [3.05, 3.63) is 53.5 Å². The normalized spacial score (nSPS) is 11.4. The monoisotopic (exact) mass is 395 g/mol. The van der Waals surface area contributed by atoms with E-state index in [-0.39, 0.29) is 0 Å². The zero-order chi connectivity index (χ0) is 18.8. The van der Waals surface area contributed by atoms with E-state index in [1.54, 1.807) is 29.4 Å². The molecule has 1 aromatic carbocycles. The number of ether oxygens (including phenoxy) is 1. The molecule has 4 aromatic rings. The number of aromatic nitrogens is 3. The topological polar surface area (TPSA) is 47.9 Å². The molecular formula is C21H21N3OS2. The molecule has 0 aliphatic carbocycles. The number of thiophene rings is 1. The Labute approximate surface area is 167 Å². The van der Waals surface area contributed by atoms with Crippen LogP contribution < -0.4 is 4.74 Å². The highest BCUT2D eigenvalue weighted by Crippen LogP contribution is 2.37. The van der Waals surface area contributed by atoms with E-state index in [1.165, 1.54) is 11.1 Å². The fourth-order valence-corrected chi connectivity index (χ4v) is 5.26. The average molecular weight is 396 g/mol. The Morgan fingerprint density at radius 1 is 1.11 bits per heavy atom. The lowest BCUT2D eigenvalue weighted by Crippen LogP contribution is -2.00. The number of rotatable bonds is 6. The second-order valence-electron chi connectivity index (χ2n) is 6.41. The molecule has 3 heterocycles. The van der Waals surface area contributed by atoms with Crippen LogP contribution in [0.1, 0.15) is 23.7 Å². The van der Waals surface area contributed by atoms with Gasteiger partial charge in [-0.3, -0.25) is 0 Å². The van der Waals surface area contributed by atoms with Crippen LogP contribution in [0.4, 0.5) is 0 Å². The van der Waals surface area contributed by atoms with Gasteiger partial charge in [0.25, 0.3) is 0 Å². The minimum atomic E-state index is 0.642. The smallest absolute Gasteiger partial charge is 0.126 e. The maximum atomic E-state index is 5.86. The second-order valence-corrected chi connectivity index (χ2v) is 8.50. The Kier molecular flexibility index (Phi) is 5.27. The van der Waals surface area contributed by atoms with Gasteiger partial charge >= 0.3 is 0 Å². The number of hydrogen-bond acceptors (Lipinski definition) is 6. The molecule has 0 unspecified atom stereocenters. The molecule has 0 aliphatic heterocycles. The molecule has 0 N–H and O–H groups in total. The lowest BCUT2D eigenvalue weighted by molar-refractivity contribution is 0.344. The molecule has 0 fully saturated rings. The fraction of sp³-hybridized carbons (Fsp3) is 0.286. The average Bonchev–Trinajstić information content (AvgIpc) is 3.05. The van der Waals surface area contributed by atoms with E-state index in [1.807, 2.05) is 19.1 Å². The van der Waals surface area contributed by atoms with Crippen LogP contribution in [0.2, 0.25) is 0 Å². The number of benzene rings is 1. The molecule has 0 atom stereocenters. The van der Waals surface area contributed by atoms with Crippen molar-refractivity contribution in [1.29, 1.82) is 0 Å². The van der Waals surface area contributed by atoms with E-state index >= 15 is 0 Å². The van der Waals surface area contributed by atoms with Crippen LogP contribution >= 0.6 is 23.1 Å². The van der Waals surface area contributed by atoms with E-state index < -0.39 is 0 Å². The molecule has 0 spiro atoms. The van der Waals surface area contributed by atoms with Crippen molar-refractivity contribution >= 4 is 43.5 Å². The zero-order valence-corrected chi connectivity index (χ0v) is 17.3. The van der Waals surface area contributed by atoms with Gasteiger partial charge in [-0.25, -0.2) is 15.0 Å². The molecule has 0 amide bonds. The Balaban J connectivity index is 1.49. The fourth-order valence-electron chi connectivity index (χ4n) is 3.11. The number of aryl methyl sites for hydroxylation is 3. The van der Waals surface area contributed by atoms with Crippen LogP contribution in [-0.2, 0) is 6.42 Å². The summed E-state index contributed by atoms with van der Waals surface area (Å²) in [5.74, 6) is 1.75. The third kappa shape index (κ3) is 3.77. The van der Waals surface area contributed by atoms with Crippen LogP contribution in [0.25, 0.3) is 20.4 Å². The summed E-state index contributed by atoms with van der Waals surface area (Å²) in [7, 11) is 0. The van der Waals surface area contributed by atoms with Gasteiger partial charge in [0, 0.05) is 16.8 Å². The first-order chi connectivity index (χ1) is 13.2. The Morgan fingerprint density at radius 3 is 2.70 bits per heavy atom. The Hall–Kier alpha value is -2.18. The summed E-state index contributed by atoms with van der Waals surface area (Å²) in [4.78, 5) is 14.7. The molecule has 0 radical (unpaired) electrons. The third-order valence-corrected chi connectivity index (χ3v) is 6.60. The molecule has 6 heteroatoms. The van der Waals surface area contributed by atoms with E-state index in [0.717, 1.165) is 49.1 Å². The summed E-state index contributed by atoms with van der Waals surface area (Å²) in [5, 5.41) is 2.15. The Bertz CT molecular complexity index is 1090. The highest BCUT2D eigenvalue weighted by molar-refractivity contribution is 7.99. The summed E-state index contributed by atoms with van der Waals surface area (Å²) in [6.45, 7) is 6.95. The maximum Gasteiger partial charge on any atom is 0.126 e. The minimum absolute atomic E-state index is 0.642. The van der Waals surface area contributed by atoms with Crippen LogP contribution in [0, 0.1) is 13.8 Å². The number of hydrogen-bond donors (Lipinski definition) is 0. The van der Waals surface area contributed by atoms with Gasteiger partial charge in [-0.05, 0) is 49.6 Å². The van der Waals surface area contributed by atoms with Gasteiger partial charge in [-0.15, -0.1) is 23.1 Å². The van der Waals surface area contributed by atoms with Crippen molar-refractivity contribution in [3.8, 4) is 5.75 Å². The number of pyridine rings is 1. The lowest BCUT2D eigenvalue weighted by atomic mass is 10.1. The molecule has 0 bridgehead atoms. The van der Waals surface area contributed by atoms with E-state index in [4.69, 9.17) is 4.74 Å². The summed E-state index contributed by atoms with van der Waals surface area (Å²) in [5.41, 5.74) is 4.59. The maximum absolute atomic E-state index is 5.86. The molecule has 0 saturated heterocycles. The van der Waals surface area contributed by atoms with E-state index in [2.05, 4.69) is 47.0 Å². The quantitative estimate of drug-likeness (QED) is 0.242. The van der Waals surface area contributed by atoms with Crippen LogP contribution in [-0.4, -0.2) is 27.3 Å². The van der Waals surface area contributed by atoms with Crippen molar-refractivity contribution in [2.24, 2.45) is 0 Å². The van der Waals surface area contributed by atoms with Gasteiger partial charge in [0.05, 0.1) is 16.8 Å². The highest BCUT2D eigenvalue weighted by atomic mass is 32.2. The molecule has 4 rings (SSSR count). The molecule has 27 heavy (non-hydrogen) atoms. The largest absolute Gasteiger partial charge is 0.493 e. The zero-order valence-electron chi connectivity index (χ0n) is 15.7. The predicted molar refractivity (Wildman–Crippen MR) is 114 cm³/mol. The van der Waals surface area contributed by atoms with Crippen molar-refractivity contribution in [3.63, 3.8) is 0 Å². The van der Waals surface area contributed by atoms with E-state index in [9.17, 15) is 0 Å². The third-order valence-electron chi connectivity index (χ3n) is 4.44. The van der Waals surface area contributed by atoms with Crippen LogP contribution in [0.15, 0.2) is 41.7 Å². The minimum Gasteiger partial charge on any atom is -0.493 e. The second kappa shape index (κ2) is 7.82. The first-order valence-electron chi connectivity index (χ1n) is 9.01. The molecule has 138 valence electrons. The molecule has 0 aliphatic rings. The molecular weight excluding hydrogens is 374 g/mol. The predicted octanol–water partition coefficient (Wildman–Crippen LogP) is 5.59. The molecule has 0 saturated carbocycles. The lowest BCUT2D eigenvalue weighted by Gasteiger charge is -2.06. The van der Waals surface area contributed by atoms with Gasteiger partial charge < -0.3 is 4.74 Å². The van der Waals surface area contributed by atoms with Crippen molar-refractivity contribution in [2.75, 3.05) is 12.4 Å². The van der Waals surface area contributed by atoms with Crippen molar-refractivity contribution < 1.29 is 4.74 Å². The van der Waals surface area contributed by atoms with Crippen LogP contribution in [0.3, 0.4) is 0 Å². The molecule has 4 nitrogen and oxygen atoms in total. The van der Waals surface area contributed by atoms with Gasteiger partial charge in [0.15, 0.2) is 0 Å². The Morgan fingerprint density at radius 2 is 1.93 bits per heavy atom. The summed E-state index contributed by atoms with van der Waals surface area (Å²) in [6, 6.07) is 10.4. The summed E-state index contributed by atoms with van der Waals surface area (Å²) < 4.78 is 6.98.